The highest BCUT2D eigenvalue weighted by molar-refractivity contribution is 5.99. The zero-order valence-electron chi connectivity index (χ0n) is 13.0. The molecule has 1 saturated heterocycles. The summed E-state index contributed by atoms with van der Waals surface area (Å²) in [5, 5.41) is 15.4. The monoisotopic (exact) mass is 318 g/mol. The fourth-order valence-electron chi connectivity index (χ4n) is 3.22. The Morgan fingerprint density at radius 1 is 1.35 bits per heavy atom. The van der Waals surface area contributed by atoms with E-state index in [4.69, 9.17) is 4.74 Å². The Morgan fingerprint density at radius 3 is 2.83 bits per heavy atom. The average molecular weight is 318 g/mol. The first-order valence-electron chi connectivity index (χ1n) is 7.99. The van der Waals surface area contributed by atoms with Gasteiger partial charge in [0.15, 0.2) is 0 Å². The van der Waals surface area contributed by atoms with Crippen LogP contribution >= 0.6 is 0 Å². The number of amides is 2. The van der Waals surface area contributed by atoms with Gasteiger partial charge in [0.2, 0.25) is 5.91 Å². The van der Waals surface area contributed by atoms with E-state index in [1.165, 1.54) is 0 Å². The Morgan fingerprint density at radius 2 is 2.09 bits per heavy atom. The van der Waals surface area contributed by atoms with Crippen LogP contribution in [-0.2, 0) is 9.53 Å². The molecule has 1 aromatic carbocycles. The van der Waals surface area contributed by atoms with E-state index in [1.54, 1.807) is 6.07 Å². The number of aliphatic hydroxyl groups is 1. The van der Waals surface area contributed by atoms with E-state index in [9.17, 15) is 14.7 Å². The summed E-state index contributed by atoms with van der Waals surface area (Å²) in [4.78, 5) is 24.1. The van der Waals surface area contributed by atoms with Crippen molar-refractivity contribution in [3.8, 4) is 0 Å². The molecular formula is C17H22N2O4. The van der Waals surface area contributed by atoms with Crippen LogP contribution in [0.1, 0.15) is 41.2 Å². The van der Waals surface area contributed by atoms with Crippen LogP contribution in [0.2, 0.25) is 0 Å². The molecule has 3 N–H and O–H groups in total. The minimum absolute atomic E-state index is 0.0413. The van der Waals surface area contributed by atoms with Gasteiger partial charge in [-0.3, -0.25) is 9.59 Å². The molecule has 0 aliphatic carbocycles. The van der Waals surface area contributed by atoms with Crippen LogP contribution in [0.4, 0.5) is 0 Å². The van der Waals surface area contributed by atoms with Crippen LogP contribution in [0.3, 0.4) is 0 Å². The van der Waals surface area contributed by atoms with Gasteiger partial charge in [0.05, 0.1) is 19.1 Å². The molecule has 1 fully saturated rings. The molecule has 3 rings (SSSR count). The van der Waals surface area contributed by atoms with Gasteiger partial charge in [0, 0.05) is 30.7 Å². The SMILES string of the molecule is O=C(CC1NC(=O)c2ccccc21)NCC1(CO)CCOCC1. The number of nitrogens with one attached hydrogen (secondary N) is 2. The van der Waals surface area contributed by atoms with Crippen molar-refractivity contribution in [1.82, 2.24) is 10.6 Å². The lowest BCUT2D eigenvalue weighted by molar-refractivity contribution is -0.122. The Balaban J connectivity index is 1.57. The molecule has 0 radical (unpaired) electrons. The van der Waals surface area contributed by atoms with Crippen molar-refractivity contribution < 1.29 is 19.4 Å². The third-order valence-electron chi connectivity index (χ3n) is 4.83. The molecule has 2 heterocycles. The van der Waals surface area contributed by atoms with E-state index in [1.807, 2.05) is 18.2 Å². The molecule has 2 aliphatic rings. The van der Waals surface area contributed by atoms with Crippen LogP contribution in [0, 0.1) is 5.41 Å². The number of ether oxygens (including phenoxy) is 1. The van der Waals surface area contributed by atoms with Crippen LogP contribution < -0.4 is 10.6 Å². The Hall–Kier alpha value is -1.92. The van der Waals surface area contributed by atoms with Crippen molar-refractivity contribution in [3.05, 3.63) is 35.4 Å². The van der Waals surface area contributed by atoms with Gasteiger partial charge in [-0.2, -0.15) is 0 Å². The summed E-state index contributed by atoms with van der Waals surface area (Å²) in [6.07, 6.45) is 1.69. The quantitative estimate of drug-likeness (QED) is 0.748. The first kappa shape index (κ1) is 16.0. The number of hydrogen-bond donors (Lipinski definition) is 3. The third-order valence-corrected chi connectivity index (χ3v) is 4.83. The molecule has 6 heteroatoms. The van der Waals surface area contributed by atoms with E-state index >= 15 is 0 Å². The smallest absolute Gasteiger partial charge is 0.252 e. The number of aliphatic hydroxyl groups excluding tert-OH is 1. The number of benzene rings is 1. The predicted octanol–water partition coefficient (Wildman–Crippen LogP) is 0.766. The Labute approximate surface area is 135 Å². The molecule has 1 unspecified atom stereocenters. The average Bonchev–Trinajstić information content (AvgIpc) is 2.90. The second-order valence-corrected chi connectivity index (χ2v) is 6.36. The standard InChI is InChI=1S/C17H22N2O4/c20-11-17(5-7-23-8-6-17)10-18-15(21)9-14-12-3-1-2-4-13(12)16(22)19-14/h1-4,14,20H,5-11H2,(H,18,21)(H,19,22). The van der Waals surface area contributed by atoms with Crippen molar-refractivity contribution in [3.63, 3.8) is 0 Å². The van der Waals surface area contributed by atoms with Gasteiger partial charge in [0.25, 0.3) is 5.91 Å². The van der Waals surface area contributed by atoms with Gasteiger partial charge in [-0.05, 0) is 24.5 Å². The van der Waals surface area contributed by atoms with Crippen molar-refractivity contribution in [2.45, 2.75) is 25.3 Å². The van der Waals surface area contributed by atoms with Crippen molar-refractivity contribution >= 4 is 11.8 Å². The first-order valence-corrected chi connectivity index (χ1v) is 7.99. The predicted molar refractivity (Wildman–Crippen MR) is 83.8 cm³/mol. The maximum Gasteiger partial charge on any atom is 0.252 e. The molecule has 0 aromatic heterocycles. The second-order valence-electron chi connectivity index (χ2n) is 6.36. The highest BCUT2D eigenvalue weighted by Crippen LogP contribution is 2.30. The number of rotatable bonds is 5. The number of hydrogen-bond acceptors (Lipinski definition) is 4. The number of carbonyl (C=O) groups excluding carboxylic acids is 2. The highest BCUT2D eigenvalue weighted by atomic mass is 16.5. The molecule has 2 aliphatic heterocycles. The maximum atomic E-state index is 12.2. The summed E-state index contributed by atoms with van der Waals surface area (Å²) in [5.41, 5.74) is 1.22. The van der Waals surface area contributed by atoms with Gasteiger partial charge < -0.3 is 20.5 Å². The summed E-state index contributed by atoms with van der Waals surface area (Å²) < 4.78 is 5.32. The minimum Gasteiger partial charge on any atom is -0.396 e. The first-order chi connectivity index (χ1) is 11.1. The molecule has 124 valence electrons. The van der Waals surface area contributed by atoms with Crippen LogP contribution in [-0.4, -0.2) is 43.3 Å². The lowest BCUT2D eigenvalue weighted by Crippen LogP contribution is -2.44. The molecule has 6 nitrogen and oxygen atoms in total. The lowest BCUT2D eigenvalue weighted by Gasteiger charge is -2.35. The van der Waals surface area contributed by atoms with Crippen LogP contribution in [0.25, 0.3) is 0 Å². The summed E-state index contributed by atoms with van der Waals surface area (Å²) in [5.74, 6) is -0.249. The fourth-order valence-corrected chi connectivity index (χ4v) is 3.22. The molecule has 23 heavy (non-hydrogen) atoms. The lowest BCUT2D eigenvalue weighted by atomic mass is 9.81. The zero-order valence-corrected chi connectivity index (χ0v) is 13.0. The largest absolute Gasteiger partial charge is 0.396 e. The summed E-state index contributed by atoms with van der Waals surface area (Å²) in [6.45, 7) is 1.71. The zero-order chi connectivity index (χ0) is 16.3. The minimum atomic E-state index is -0.287. The van der Waals surface area contributed by atoms with Gasteiger partial charge in [-0.1, -0.05) is 18.2 Å². The third kappa shape index (κ3) is 3.38. The topological polar surface area (TPSA) is 87.7 Å². The normalized spacial score (nSPS) is 22.3. The summed E-state index contributed by atoms with van der Waals surface area (Å²) in [6, 6.07) is 7.05. The van der Waals surface area contributed by atoms with E-state index < -0.39 is 0 Å². The van der Waals surface area contributed by atoms with Crippen molar-refractivity contribution in [2.75, 3.05) is 26.4 Å². The molecule has 1 aromatic rings. The van der Waals surface area contributed by atoms with Gasteiger partial charge in [-0.15, -0.1) is 0 Å². The van der Waals surface area contributed by atoms with E-state index in [0.29, 0.717) is 25.3 Å². The van der Waals surface area contributed by atoms with Gasteiger partial charge >= 0.3 is 0 Å². The molecule has 1 atom stereocenters. The Bertz CT molecular complexity index is 596. The number of fused-ring (bicyclic) bond motifs is 1. The van der Waals surface area contributed by atoms with Crippen molar-refractivity contribution in [2.24, 2.45) is 5.41 Å². The van der Waals surface area contributed by atoms with E-state index in [2.05, 4.69) is 10.6 Å². The molecule has 2 amide bonds. The highest BCUT2D eigenvalue weighted by Gasteiger charge is 2.33. The molecular weight excluding hydrogens is 296 g/mol. The molecule has 0 saturated carbocycles. The van der Waals surface area contributed by atoms with Crippen LogP contribution in [0.15, 0.2) is 24.3 Å². The summed E-state index contributed by atoms with van der Waals surface area (Å²) >= 11 is 0. The van der Waals surface area contributed by atoms with E-state index in [-0.39, 0.29) is 36.3 Å². The van der Waals surface area contributed by atoms with Gasteiger partial charge in [-0.25, -0.2) is 0 Å². The van der Waals surface area contributed by atoms with Crippen LogP contribution in [0.5, 0.6) is 0 Å². The number of carbonyl (C=O) groups is 2. The second kappa shape index (κ2) is 6.68. The van der Waals surface area contributed by atoms with Gasteiger partial charge in [0.1, 0.15) is 0 Å². The maximum absolute atomic E-state index is 12.2. The summed E-state index contributed by atoms with van der Waals surface area (Å²) in [7, 11) is 0. The fraction of sp³-hybridized carbons (Fsp3) is 0.529. The van der Waals surface area contributed by atoms with E-state index in [0.717, 1.165) is 18.4 Å². The van der Waals surface area contributed by atoms with Crippen molar-refractivity contribution in [1.29, 1.82) is 0 Å². The molecule has 0 spiro atoms. The Kier molecular flexibility index (Phi) is 4.63. The molecule has 0 bridgehead atoms.